The van der Waals surface area contributed by atoms with Gasteiger partial charge in [0.1, 0.15) is 0 Å². The highest BCUT2D eigenvalue weighted by atomic mass is 35.5. The maximum Gasteiger partial charge on any atom is 0.253 e. The Morgan fingerprint density at radius 2 is 2.12 bits per heavy atom. The van der Waals surface area contributed by atoms with Crippen LogP contribution in [0.2, 0.25) is 10.0 Å². The molecular weight excluding hydrogens is 379 g/mol. The Labute approximate surface area is 159 Å². The van der Waals surface area contributed by atoms with Crippen LogP contribution in [0.15, 0.2) is 42.6 Å². The molecule has 0 spiro atoms. The smallest absolute Gasteiger partial charge is 0.253 e. The lowest BCUT2D eigenvalue weighted by molar-refractivity contribution is 0.0934. The van der Waals surface area contributed by atoms with Crippen LogP contribution in [0.25, 0.3) is 5.65 Å². The van der Waals surface area contributed by atoms with Crippen molar-refractivity contribution in [3.05, 3.63) is 64.0 Å². The van der Waals surface area contributed by atoms with Gasteiger partial charge in [0, 0.05) is 11.2 Å². The number of hydrogen-bond donors (Lipinski definition) is 1. The molecule has 0 aliphatic rings. The summed E-state index contributed by atoms with van der Waals surface area (Å²) >= 11 is 13.8. The second-order valence-corrected chi connectivity index (χ2v) is 7.25. The quantitative estimate of drug-likeness (QED) is 0.678. The molecule has 0 aliphatic heterocycles. The summed E-state index contributed by atoms with van der Waals surface area (Å²) < 4.78 is 1.88. The largest absolute Gasteiger partial charge is 0.342 e. The van der Waals surface area contributed by atoms with Crippen LogP contribution in [0.1, 0.15) is 28.6 Å². The summed E-state index contributed by atoms with van der Waals surface area (Å²) in [5, 5.41) is 12.3. The predicted octanol–water partition coefficient (Wildman–Crippen LogP) is 4.26. The third-order valence-electron chi connectivity index (χ3n) is 3.74. The zero-order chi connectivity index (χ0) is 17.8. The number of nitrogens with zero attached hydrogens (tertiary/aromatic N) is 3. The van der Waals surface area contributed by atoms with Gasteiger partial charge in [-0.1, -0.05) is 29.3 Å². The minimum absolute atomic E-state index is 0.263. The molecule has 8 heteroatoms. The van der Waals surface area contributed by atoms with Gasteiger partial charge in [-0.2, -0.15) is 11.8 Å². The zero-order valence-corrected chi connectivity index (χ0v) is 15.8. The lowest BCUT2D eigenvalue weighted by atomic mass is 10.1. The Balaban J connectivity index is 1.89. The molecule has 0 saturated heterocycles. The van der Waals surface area contributed by atoms with Crippen LogP contribution in [0.3, 0.4) is 0 Å². The van der Waals surface area contributed by atoms with Crippen LogP contribution in [0.5, 0.6) is 0 Å². The van der Waals surface area contributed by atoms with E-state index in [0.717, 1.165) is 17.8 Å². The zero-order valence-electron chi connectivity index (χ0n) is 13.4. The van der Waals surface area contributed by atoms with Crippen molar-refractivity contribution in [2.75, 3.05) is 12.0 Å². The Morgan fingerprint density at radius 3 is 2.88 bits per heavy atom. The van der Waals surface area contributed by atoms with Crippen LogP contribution < -0.4 is 5.32 Å². The van der Waals surface area contributed by atoms with E-state index in [1.807, 2.05) is 35.1 Å². The van der Waals surface area contributed by atoms with Crippen LogP contribution in [-0.2, 0) is 0 Å². The molecule has 1 atom stereocenters. The highest BCUT2D eigenvalue weighted by Gasteiger charge is 2.22. The summed E-state index contributed by atoms with van der Waals surface area (Å²) in [5.74, 6) is 1.31. The lowest BCUT2D eigenvalue weighted by Gasteiger charge is -2.17. The summed E-state index contributed by atoms with van der Waals surface area (Å²) in [6.45, 7) is 0. The van der Waals surface area contributed by atoms with Gasteiger partial charge in [-0.3, -0.25) is 9.20 Å². The molecule has 2 aromatic heterocycles. The van der Waals surface area contributed by atoms with Gasteiger partial charge in [-0.15, -0.1) is 10.2 Å². The number of thioether (sulfide) groups is 1. The SMILES string of the molecule is CSCC[C@@H](NC(=O)c1ccc(Cl)cc1Cl)c1nnc2ccccn12. The van der Waals surface area contributed by atoms with Crippen molar-refractivity contribution in [3.63, 3.8) is 0 Å². The molecule has 5 nitrogen and oxygen atoms in total. The number of amides is 1. The molecule has 0 unspecified atom stereocenters. The number of carbonyl (C=O) groups is 1. The van der Waals surface area contributed by atoms with Gasteiger partial charge in [0.15, 0.2) is 11.5 Å². The molecule has 1 amide bonds. The van der Waals surface area contributed by atoms with Crippen molar-refractivity contribution in [2.24, 2.45) is 0 Å². The van der Waals surface area contributed by atoms with Crippen molar-refractivity contribution < 1.29 is 4.79 Å². The molecule has 1 N–H and O–H groups in total. The first-order chi connectivity index (χ1) is 12.1. The topological polar surface area (TPSA) is 59.3 Å². The molecule has 0 aliphatic carbocycles. The highest BCUT2D eigenvalue weighted by Crippen LogP contribution is 2.23. The van der Waals surface area contributed by atoms with E-state index in [0.29, 0.717) is 21.4 Å². The Bertz CT molecular complexity index is 899. The number of nitrogens with one attached hydrogen (secondary N) is 1. The van der Waals surface area contributed by atoms with E-state index < -0.39 is 0 Å². The fourth-order valence-corrected chi connectivity index (χ4v) is 3.47. The van der Waals surface area contributed by atoms with Gasteiger partial charge in [-0.05, 0) is 48.8 Å². The summed E-state index contributed by atoms with van der Waals surface area (Å²) in [5.41, 5.74) is 1.12. The summed E-state index contributed by atoms with van der Waals surface area (Å²) in [6.07, 6.45) is 4.64. The van der Waals surface area contributed by atoms with Crippen molar-refractivity contribution in [1.82, 2.24) is 19.9 Å². The monoisotopic (exact) mass is 394 g/mol. The average Bonchev–Trinajstić information content (AvgIpc) is 3.02. The minimum Gasteiger partial charge on any atom is -0.342 e. The van der Waals surface area contributed by atoms with E-state index in [1.54, 1.807) is 30.0 Å². The first-order valence-electron chi connectivity index (χ1n) is 7.64. The summed E-state index contributed by atoms with van der Waals surface area (Å²) in [4.78, 5) is 12.7. The number of aromatic nitrogens is 3. The highest BCUT2D eigenvalue weighted by molar-refractivity contribution is 7.98. The number of pyridine rings is 1. The van der Waals surface area contributed by atoms with Crippen molar-refractivity contribution in [3.8, 4) is 0 Å². The first-order valence-corrected chi connectivity index (χ1v) is 9.79. The maximum absolute atomic E-state index is 12.7. The fraction of sp³-hybridized carbons (Fsp3) is 0.235. The van der Waals surface area contributed by atoms with Gasteiger partial charge in [0.05, 0.1) is 16.6 Å². The predicted molar refractivity (Wildman–Crippen MR) is 103 cm³/mol. The molecule has 0 bridgehead atoms. The molecule has 0 saturated carbocycles. The van der Waals surface area contributed by atoms with Gasteiger partial charge >= 0.3 is 0 Å². The van der Waals surface area contributed by atoms with Crippen LogP contribution >= 0.6 is 35.0 Å². The molecule has 0 radical (unpaired) electrons. The third kappa shape index (κ3) is 4.08. The normalized spacial score (nSPS) is 12.3. The Hall–Kier alpha value is -1.76. The van der Waals surface area contributed by atoms with Gasteiger partial charge < -0.3 is 5.32 Å². The van der Waals surface area contributed by atoms with Crippen LogP contribution in [-0.4, -0.2) is 32.5 Å². The van der Waals surface area contributed by atoms with Crippen molar-refractivity contribution in [2.45, 2.75) is 12.5 Å². The number of fused-ring (bicyclic) bond motifs is 1. The van der Waals surface area contributed by atoms with E-state index >= 15 is 0 Å². The Morgan fingerprint density at radius 1 is 1.28 bits per heavy atom. The second-order valence-electron chi connectivity index (χ2n) is 5.42. The van der Waals surface area contributed by atoms with E-state index in [9.17, 15) is 4.79 Å². The number of carbonyl (C=O) groups excluding carboxylic acids is 1. The number of benzene rings is 1. The molecule has 130 valence electrons. The molecule has 1 aromatic carbocycles. The first kappa shape index (κ1) is 18.0. The van der Waals surface area contributed by atoms with Crippen molar-refractivity contribution in [1.29, 1.82) is 0 Å². The maximum atomic E-state index is 12.7. The third-order valence-corrected chi connectivity index (χ3v) is 4.94. The van der Waals surface area contributed by atoms with E-state index in [2.05, 4.69) is 15.5 Å². The summed E-state index contributed by atoms with van der Waals surface area (Å²) in [6, 6.07) is 10.2. The van der Waals surface area contributed by atoms with Crippen molar-refractivity contribution >= 4 is 46.5 Å². The number of hydrogen-bond acceptors (Lipinski definition) is 4. The number of rotatable bonds is 6. The molecule has 25 heavy (non-hydrogen) atoms. The fourth-order valence-electron chi connectivity index (χ4n) is 2.51. The van der Waals surface area contributed by atoms with Gasteiger partial charge in [-0.25, -0.2) is 0 Å². The molecule has 3 rings (SSSR count). The van der Waals surface area contributed by atoms with Crippen LogP contribution in [0, 0.1) is 0 Å². The molecular formula is C17H16Cl2N4OS. The molecule has 2 heterocycles. The van der Waals surface area contributed by atoms with E-state index in [4.69, 9.17) is 23.2 Å². The van der Waals surface area contributed by atoms with Gasteiger partial charge in [0.2, 0.25) is 0 Å². The van der Waals surface area contributed by atoms with E-state index in [-0.39, 0.29) is 11.9 Å². The van der Waals surface area contributed by atoms with Crippen LogP contribution in [0.4, 0.5) is 0 Å². The van der Waals surface area contributed by atoms with E-state index in [1.165, 1.54) is 0 Å². The lowest BCUT2D eigenvalue weighted by Crippen LogP contribution is -2.30. The molecule has 0 fully saturated rings. The minimum atomic E-state index is -0.274. The summed E-state index contributed by atoms with van der Waals surface area (Å²) in [7, 11) is 0. The Kier molecular flexibility index (Phi) is 5.83. The number of halogens is 2. The average molecular weight is 395 g/mol. The van der Waals surface area contributed by atoms with Gasteiger partial charge in [0.25, 0.3) is 5.91 Å². The second kappa shape index (κ2) is 8.08. The standard InChI is InChI=1S/C17H16Cl2N4OS/c1-25-9-7-14(16-22-21-15-4-2-3-8-23(15)16)20-17(24)12-6-5-11(18)10-13(12)19/h2-6,8,10,14H,7,9H2,1H3,(H,20,24)/t14-/m1/s1. The molecule has 3 aromatic rings.